The summed E-state index contributed by atoms with van der Waals surface area (Å²) in [4.78, 5) is 26.6. The molecular weight excluding hydrogens is 383 g/mol. The van der Waals surface area contributed by atoms with Crippen LogP contribution in [0.3, 0.4) is 0 Å². The van der Waals surface area contributed by atoms with Crippen molar-refractivity contribution in [1.82, 2.24) is 5.32 Å². The number of hydrogen-bond donors (Lipinski definition) is 3. The molecule has 2 atom stereocenters. The molecule has 0 spiro atoms. The van der Waals surface area contributed by atoms with Crippen molar-refractivity contribution in [1.29, 1.82) is 0 Å². The molecular formula is C22H27BN2O5. The molecule has 2 aromatic carbocycles. The summed E-state index contributed by atoms with van der Waals surface area (Å²) in [6.45, 7) is 9.04. The molecule has 0 saturated carbocycles. The number of aryl methyl sites for hydroxylation is 2. The molecule has 0 bridgehead atoms. The summed E-state index contributed by atoms with van der Waals surface area (Å²) in [6.07, 6.45) is 0.355. The first-order chi connectivity index (χ1) is 14.2. The Kier molecular flexibility index (Phi) is 8.35. The van der Waals surface area contributed by atoms with Gasteiger partial charge in [0.05, 0.1) is 0 Å². The molecule has 2 aromatic rings. The molecule has 0 unspecified atom stereocenters. The van der Waals surface area contributed by atoms with E-state index >= 15 is 0 Å². The summed E-state index contributed by atoms with van der Waals surface area (Å²) < 4.78 is 5.07. The van der Waals surface area contributed by atoms with Gasteiger partial charge >= 0.3 is 7.32 Å². The fourth-order valence-electron chi connectivity index (χ4n) is 3.05. The normalized spacial score (nSPS) is 12.6. The molecule has 2 rings (SSSR count). The maximum Gasteiger partial charge on any atom is 0.635 e. The Labute approximate surface area is 177 Å². The zero-order chi connectivity index (χ0) is 22.3. The highest BCUT2D eigenvalue weighted by molar-refractivity contribution is 6.32. The van der Waals surface area contributed by atoms with Gasteiger partial charge in [0, 0.05) is 12.1 Å². The molecule has 0 saturated heterocycles. The summed E-state index contributed by atoms with van der Waals surface area (Å²) in [5.74, 6) is -0.943. The Bertz CT molecular complexity index is 888. The van der Waals surface area contributed by atoms with E-state index in [1.165, 1.54) is 4.90 Å². The predicted molar refractivity (Wildman–Crippen MR) is 116 cm³/mol. The Morgan fingerprint density at radius 3 is 2.40 bits per heavy atom. The van der Waals surface area contributed by atoms with Gasteiger partial charge in [0.2, 0.25) is 5.91 Å². The minimum Gasteiger partial charge on any atom is -0.402 e. The summed E-state index contributed by atoms with van der Waals surface area (Å²) in [5.41, 5.74) is 3.59. The lowest BCUT2D eigenvalue weighted by atomic mass is 10.0. The van der Waals surface area contributed by atoms with E-state index in [9.17, 15) is 19.6 Å². The molecule has 0 aliphatic heterocycles. The zero-order valence-electron chi connectivity index (χ0n) is 17.4. The molecule has 158 valence electrons. The quantitative estimate of drug-likeness (QED) is 0.333. The maximum atomic E-state index is 12.9. The van der Waals surface area contributed by atoms with Crippen LogP contribution in [-0.2, 0) is 20.7 Å². The molecule has 7 nitrogen and oxygen atoms in total. The van der Waals surface area contributed by atoms with Crippen LogP contribution in [0.2, 0.25) is 0 Å². The van der Waals surface area contributed by atoms with Gasteiger partial charge in [0.15, 0.2) is 0 Å². The number of para-hydroxylation sites is 1. The van der Waals surface area contributed by atoms with E-state index in [4.69, 9.17) is 4.65 Å². The molecule has 0 aliphatic carbocycles. The van der Waals surface area contributed by atoms with Gasteiger partial charge in [-0.15, -0.1) is 0 Å². The van der Waals surface area contributed by atoms with Crippen LogP contribution in [0.4, 0.5) is 5.69 Å². The van der Waals surface area contributed by atoms with Crippen molar-refractivity contribution in [3.05, 3.63) is 77.9 Å². The van der Waals surface area contributed by atoms with Crippen LogP contribution in [0, 0.1) is 13.8 Å². The number of nitrogens with one attached hydrogen (secondary N) is 1. The van der Waals surface area contributed by atoms with E-state index in [1.807, 2.05) is 32.0 Å². The molecule has 0 radical (unpaired) electrons. The smallest absolute Gasteiger partial charge is 0.402 e. The number of hydrogen-bond acceptors (Lipinski definition) is 5. The van der Waals surface area contributed by atoms with Gasteiger partial charge in [-0.2, -0.15) is 0 Å². The van der Waals surface area contributed by atoms with Crippen LogP contribution in [0.5, 0.6) is 0 Å². The Hall–Kier alpha value is -2.94. The number of carbonyl (C=O) groups is 2. The first kappa shape index (κ1) is 23.3. The number of anilines is 1. The van der Waals surface area contributed by atoms with Crippen LogP contribution in [0.25, 0.3) is 0 Å². The average Bonchev–Trinajstić information content (AvgIpc) is 2.71. The van der Waals surface area contributed by atoms with Crippen LogP contribution in [0.1, 0.15) is 23.6 Å². The molecule has 3 N–H and O–H groups in total. The van der Waals surface area contributed by atoms with Crippen LogP contribution < -0.4 is 10.2 Å². The standard InChI is InChI=1S/C22H27BN2O5/c1-5-21(26)25(19-9-7-6-8-10-19)17(4)22(27)24-20(30-23(28)29)14-18-12-11-15(2)16(3)13-18/h5-13,17,20,28-29H,1,14H2,2-4H3,(H,24,27)/t17-,20-/m1/s1. The predicted octanol–water partition coefficient (Wildman–Crippen LogP) is 1.88. The minimum atomic E-state index is -2.06. The Balaban J connectivity index is 2.20. The zero-order valence-corrected chi connectivity index (χ0v) is 17.4. The highest BCUT2D eigenvalue weighted by Crippen LogP contribution is 2.18. The second kappa shape index (κ2) is 10.7. The third kappa shape index (κ3) is 6.28. The van der Waals surface area contributed by atoms with Crippen LogP contribution >= 0.6 is 0 Å². The van der Waals surface area contributed by atoms with Crippen molar-refractivity contribution in [2.45, 2.75) is 39.5 Å². The van der Waals surface area contributed by atoms with E-state index in [-0.39, 0.29) is 6.42 Å². The van der Waals surface area contributed by atoms with Gasteiger partial charge in [-0.3, -0.25) is 14.5 Å². The summed E-state index contributed by atoms with van der Waals surface area (Å²) in [6, 6.07) is 13.6. The van der Waals surface area contributed by atoms with E-state index in [0.717, 1.165) is 22.8 Å². The molecule has 30 heavy (non-hydrogen) atoms. The first-order valence-electron chi connectivity index (χ1n) is 9.61. The van der Waals surface area contributed by atoms with E-state index in [2.05, 4.69) is 11.9 Å². The molecule has 0 fully saturated rings. The van der Waals surface area contributed by atoms with Crippen molar-refractivity contribution in [3.8, 4) is 0 Å². The van der Waals surface area contributed by atoms with Gasteiger partial charge in [-0.25, -0.2) is 0 Å². The van der Waals surface area contributed by atoms with Gasteiger partial charge in [-0.1, -0.05) is 43.0 Å². The van der Waals surface area contributed by atoms with E-state index in [1.54, 1.807) is 37.3 Å². The molecule has 0 aliphatic rings. The SMILES string of the molecule is C=CC(=O)N(c1ccccc1)[C@H](C)C(=O)N[C@@H](Cc1ccc(C)c(C)c1)OB(O)O. The lowest BCUT2D eigenvalue weighted by Gasteiger charge is -2.29. The number of nitrogens with zero attached hydrogens (tertiary/aromatic N) is 1. The van der Waals surface area contributed by atoms with Gasteiger partial charge in [-0.05, 0) is 55.7 Å². The second-order valence-corrected chi connectivity index (χ2v) is 7.01. The van der Waals surface area contributed by atoms with Gasteiger partial charge < -0.3 is 20.0 Å². The second-order valence-electron chi connectivity index (χ2n) is 7.01. The van der Waals surface area contributed by atoms with E-state index < -0.39 is 31.4 Å². The van der Waals surface area contributed by atoms with Crippen molar-refractivity contribution in [2.75, 3.05) is 4.90 Å². The Morgan fingerprint density at radius 1 is 1.17 bits per heavy atom. The largest absolute Gasteiger partial charge is 0.635 e. The van der Waals surface area contributed by atoms with Gasteiger partial charge in [0.1, 0.15) is 12.3 Å². The summed E-state index contributed by atoms with van der Waals surface area (Å²) in [7, 11) is -2.06. The summed E-state index contributed by atoms with van der Waals surface area (Å²) in [5, 5.41) is 21.2. The monoisotopic (exact) mass is 410 g/mol. The van der Waals surface area contributed by atoms with Crippen molar-refractivity contribution in [3.63, 3.8) is 0 Å². The minimum absolute atomic E-state index is 0.220. The number of rotatable bonds is 9. The first-order valence-corrected chi connectivity index (χ1v) is 9.61. The molecule has 2 amide bonds. The van der Waals surface area contributed by atoms with Crippen LogP contribution in [0.15, 0.2) is 61.2 Å². The van der Waals surface area contributed by atoms with Crippen LogP contribution in [-0.4, -0.2) is 41.5 Å². The lowest BCUT2D eigenvalue weighted by molar-refractivity contribution is -0.127. The molecule has 8 heteroatoms. The van der Waals surface area contributed by atoms with Gasteiger partial charge in [0.25, 0.3) is 5.91 Å². The summed E-state index contributed by atoms with van der Waals surface area (Å²) >= 11 is 0. The highest BCUT2D eigenvalue weighted by Gasteiger charge is 2.29. The lowest BCUT2D eigenvalue weighted by Crippen LogP contribution is -2.52. The molecule has 0 aromatic heterocycles. The fourth-order valence-corrected chi connectivity index (χ4v) is 3.05. The third-order valence-electron chi connectivity index (χ3n) is 4.79. The number of benzene rings is 2. The maximum absolute atomic E-state index is 12.9. The van der Waals surface area contributed by atoms with Crippen molar-refractivity contribution < 1.29 is 24.3 Å². The fraction of sp³-hybridized carbons (Fsp3) is 0.273. The average molecular weight is 410 g/mol. The third-order valence-corrected chi connectivity index (χ3v) is 4.79. The highest BCUT2D eigenvalue weighted by atomic mass is 16.6. The van der Waals surface area contributed by atoms with Crippen molar-refractivity contribution in [2.24, 2.45) is 0 Å². The molecule has 0 heterocycles. The Morgan fingerprint density at radius 2 is 1.83 bits per heavy atom. The van der Waals surface area contributed by atoms with Crippen molar-refractivity contribution >= 4 is 24.8 Å². The number of amides is 2. The number of carbonyl (C=O) groups excluding carboxylic acids is 2. The topological polar surface area (TPSA) is 99.1 Å². The van der Waals surface area contributed by atoms with E-state index in [0.29, 0.717) is 5.69 Å².